The van der Waals surface area contributed by atoms with Gasteiger partial charge in [0.25, 0.3) is 0 Å². The van der Waals surface area contributed by atoms with Gasteiger partial charge in [0, 0.05) is 23.0 Å². The van der Waals surface area contributed by atoms with Gasteiger partial charge in [0.2, 0.25) is 5.91 Å². The predicted octanol–water partition coefficient (Wildman–Crippen LogP) is 0.232. The average molecular weight is 257 g/mol. The molecule has 74 valence electrons. The van der Waals surface area contributed by atoms with E-state index < -0.39 is 10.7 Å². The summed E-state index contributed by atoms with van der Waals surface area (Å²) in [6.07, 6.45) is 0. The lowest BCUT2D eigenvalue weighted by molar-refractivity contribution is -0.145. The first kappa shape index (κ1) is 10.4. The molecule has 1 heterocycles. The fraction of sp³-hybridized carbons (Fsp3) is 0.667. The predicted molar refractivity (Wildman–Crippen MR) is 43.2 cm³/mol. The van der Waals surface area contributed by atoms with E-state index >= 15 is 0 Å². The second-order valence-corrected chi connectivity index (χ2v) is 3.73. The molecule has 7 heteroatoms. The number of rotatable bonds is 1. The molecule has 0 saturated carbocycles. The van der Waals surface area contributed by atoms with Crippen molar-refractivity contribution in [1.82, 2.24) is 9.80 Å². The maximum atomic E-state index is 12.4. The van der Waals surface area contributed by atoms with Crippen molar-refractivity contribution in [2.75, 3.05) is 20.3 Å². The molecule has 1 rings (SSSR count). The molecular weight excluding hydrogens is 250 g/mol. The molecule has 0 radical (unpaired) electrons. The second-order valence-electron chi connectivity index (χ2n) is 2.73. The van der Waals surface area contributed by atoms with Crippen LogP contribution in [0.15, 0.2) is 0 Å². The zero-order valence-electron chi connectivity index (χ0n) is 6.76. The highest BCUT2D eigenvalue weighted by molar-refractivity contribution is 9.10. The molecule has 1 saturated heterocycles. The Balaban J connectivity index is 2.67. The number of nitrogens with zero attached hydrogens (tertiary/aromatic N) is 2. The Morgan fingerprint density at radius 1 is 1.62 bits per heavy atom. The molecule has 4 nitrogen and oxygen atoms in total. The van der Waals surface area contributed by atoms with E-state index in [0.717, 1.165) is 4.90 Å². The quantitative estimate of drug-likeness (QED) is 0.631. The van der Waals surface area contributed by atoms with Gasteiger partial charge in [-0.1, -0.05) is 0 Å². The molecule has 0 aromatic carbocycles. The van der Waals surface area contributed by atoms with Crippen molar-refractivity contribution < 1.29 is 18.4 Å². The highest BCUT2D eigenvalue weighted by atomic mass is 79.9. The van der Waals surface area contributed by atoms with E-state index in [1.54, 1.807) is 0 Å². The summed E-state index contributed by atoms with van der Waals surface area (Å²) in [6.45, 7) is -0.366. The fourth-order valence-corrected chi connectivity index (χ4v) is 1.23. The van der Waals surface area contributed by atoms with Crippen molar-refractivity contribution in [2.45, 2.75) is 4.83 Å². The molecule has 0 atom stereocenters. The molecule has 0 N–H and O–H groups in total. The van der Waals surface area contributed by atoms with E-state index in [0.29, 0.717) is 0 Å². The molecule has 0 unspecified atom stereocenters. The SMILES string of the molecule is CN1CN(C(=O)C(F)(F)Br)CC1=O. The molecule has 2 amide bonds. The molecule has 0 aromatic rings. The number of hydrogen-bond acceptors (Lipinski definition) is 2. The molecule has 13 heavy (non-hydrogen) atoms. The molecule has 0 aromatic heterocycles. The third kappa shape index (κ3) is 2.15. The van der Waals surface area contributed by atoms with E-state index in [1.807, 2.05) is 15.9 Å². The summed E-state index contributed by atoms with van der Waals surface area (Å²) in [5.74, 6) is -1.73. The van der Waals surface area contributed by atoms with E-state index in [2.05, 4.69) is 0 Å². The summed E-state index contributed by atoms with van der Waals surface area (Å²) in [7, 11) is 1.45. The monoisotopic (exact) mass is 256 g/mol. The normalized spacial score (nSPS) is 18.3. The third-order valence-corrected chi connectivity index (χ3v) is 2.00. The van der Waals surface area contributed by atoms with Crippen LogP contribution in [0.5, 0.6) is 0 Å². The number of carbonyl (C=O) groups excluding carboxylic acids is 2. The first-order valence-electron chi connectivity index (χ1n) is 3.42. The van der Waals surface area contributed by atoms with Gasteiger partial charge < -0.3 is 9.80 Å². The topological polar surface area (TPSA) is 40.6 Å². The number of hydrogen-bond donors (Lipinski definition) is 0. The van der Waals surface area contributed by atoms with Crippen molar-refractivity contribution in [2.24, 2.45) is 0 Å². The van der Waals surface area contributed by atoms with E-state index in [1.165, 1.54) is 11.9 Å². The number of likely N-dealkylation sites (N-methyl/N-ethyl adjacent to an activating group) is 1. The number of carbonyl (C=O) groups is 2. The molecular formula is C6H7BrF2N2O2. The average Bonchev–Trinajstić information content (AvgIpc) is 2.29. The molecule has 0 bridgehead atoms. The van der Waals surface area contributed by atoms with Crippen LogP contribution in [0.2, 0.25) is 0 Å². The summed E-state index contributed by atoms with van der Waals surface area (Å²) in [4.78, 5) is 20.2. The van der Waals surface area contributed by atoms with Gasteiger partial charge in [0.05, 0.1) is 6.67 Å². The van der Waals surface area contributed by atoms with Gasteiger partial charge in [-0.25, -0.2) is 0 Å². The summed E-state index contributed by atoms with van der Waals surface area (Å²) in [6, 6.07) is 0. The van der Waals surface area contributed by atoms with Crippen molar-refractivity contribution in [3.05, 3.63) is 0 Å². The van der Waals surface area contributed by atoms with Crippen LogP contribution in [-0.2, 0) is 9.59 Å². The number of amides is 2. The molecule has 0 aliphatic carbocycles. The fourth-order valence-electron chi connectivity index (χ4n) is 0.984. The standard InChI is InChI=1S/C6H7BrF2N2O2/c1-10-3-11(2-4(10)12)5(13)6(7,8)9/h2-3H2,1H3. The lowest BCUT2D eigenvalue weighted by atomic mass is 10.5. The van der Waals surface area contributed by atoms with Gasteiger partial charge in [0.15, 0.2) is 0 Å². The minimum Gasteiger partial charge on any atom is -0.326 e. The Morgan fingerprint density at radius 2 is 2.15 bits per heavy atom. The minimum absolute atomic E-state index is 0.0845. The van der Waals surface area contributed by atoms with Crippen LogP contribution in [0.1, 0.15) is 0 Å². The first-order valence-corrected chi connectivity index (χ1v) is 4.21. The molecule has 1 fully saturated rings. The summed E-state index contributed by atoms with van der Waals surface area (Å²) < 4.78 is 24.8. The first-order chi connectivity index (χ1) is 5.82. The van der Waals surface area contributed by atoms with Crippen molar-refractivity contribution in [3.63, 3.8) is 0 Å². The van der Waals surface area contributed by atoms with Crippen molar-refractivity contribution in [3.8, 4) is 0 Å². The largest absolute Gasteiger partial charge is 0.378 e. The summed E-state index contributed by atoms with van der Waals surface area (Å²) in [5, 5.41) is 0. The van der Waals surface area contributed by atoms with Gasteiger partial charge in [-0.3, -0.25) is 9.59 Å². The van der Waals surface area contributed by atoms with Gasteiger partial charge in [-0.05, 0) is 0 Å². The lowest BCUT2D eigenvalue weighted by Gasteiger charge is -2.17. The van der Waals surface area contributed by atoms with Crippen LogP contribution in [0, 0.1) is 0 Å². The Kier molecular flexibility index (Phi) is 2.56. The third-order valence-electron chi connectivity index (χ3n) is 1.66. The minimum atomic E-state index is -3.58. The molecule has 1 aliphatic rings. The summed E-state index contributed by atoms with van der Waals surface area (Å²) in [5.41, 5.74) is 0. The van der Waals surface area contributed by atoms with E-state index in [-0.39, 0.29) is 19.1 Å². The van der Waals surface area contributed by atoms with Crippen LogP contribution in [-0.4, -0.2) is 46.7 Å². The Hall–Kier alpha value is -0.720. The smallest absolute Gasteiger partial charge is 0.326 e. The van der Waals surface area contributed by atoms with Crippen LogP contribution in [0.3, 0.4) is 0 Å². The van der Waals surface area contributed by atoms with E-state index in [4.69, 9.17) is 0 Å². The van der Waals surface area contributed by atoms with Gasteiger partial charge >= 0.3 is 10.7 Å². The van der Waals surface area contributed by atoms with E-state index in [9.17, 15) is 18.4 Å². The number of halogens is 3. The highest BCUT2D eigenvalue weighted by Gasteiger charge is 2.42. The maximum Gasteiger partial charge on any atom is 0.378 e. The van der Waals surface area contributed by atoms with Crippen molar-refractivity contribution in [1.29, 1.82) is 0 Å². The second kappa shape index (κ2) is 3.21. The van der Waals surface area contributed by atoms with Crippen LogP contribution in [0.4, 0.5) is 8.78 Å². The van der Waals surface area contributed by atoms with Gasteiger partial charge in [-0.2, -0.15) is 8.78 Å². The maximum absolute atomic E-state index is 12.4. The van der Waals surface area contributed by atoms with Crippen LogP contribution >= 0.6 is 15.9 Å². The number of alkyl halides is 3. The van der Waals surface area contributed by atoms with Gasteiger partial charge in [-0.15, -0.1) is 0 Å². The van der Waals surface area contributed by atoms with Gasteiger partial charge in [0.1, 0.15) is 6.54 Å². The zero-order valence-corrected chi connectivity index (χ0v) is 8.35. The molecule has 1 aliphatic heterocycles. The highest BCUT2D eigenvalue weighted by Crippen LogP contribution is 2.25. The Bertz CT molecular complexity index is 254. The lowest BCUT2D eigenvalue weighted by Crippen LogP contribution is -2.39. The Morgan fingerprint density at radius 3 is 2.46 bits per heavy atom. The zero-order chi connectivity index (χ0) is 10.2. The van der Waals surface area contributed by atoms with Crippen LogP contribution in [0.25, 0.3) is 0 Å². The molecule has 0 spiro atoms. The Labute approximate surface area is 81.6 Å². The summed E-state index contributed by atoms with van der Waals surface area (Å²) >= 11 is 1.94. The van der Waals surface area contributed by atoms with Crippen molar-refractivity contribution >= 4 is 27.7 Å². The van der Waals surface area contributed by atoms with Crippen LogP contribution < -0.4 is 0 Å².